The lowest BCUT2D eigenvalue weighted by molar-refractivity contribution is -0.137. The van der Waals surface area contributed by atoms with Crippen molar-refractivity contribution in [2.45, 2.75) is 38.6 Å². The second-order valence-corrected chi connectivity index (χ2v) is 7.18. The van der Waals surface area contributed by atoms with Crippen LogP contribution in [0.5, 0.6) is 0 Å². The van der Waals surface area contributed by atoms with E-state index in [1.807, 2.05) is 17.0 Å². The van der Waals surface area contributed by atoms with E-state index in [2.05, 4.69) is 10.6 Å². The number of likely N-dealkylation sites (tertiary alicyclic amines) is 1. The number of rotatable bonds is 6. The van der Waals surface area contributed by atoms with E-state index in [9.17, 15) is 14.4 Å². The van der Waals surface area contributed by atoms with Gasteiger partial charge in [-0.25, -0.2) is 9.59 Å². The molecule has 0 bridgehead atoms. The van der Waals surface area contributed by atoms with Gasteiger partial charge in [-0.1, -0.05) is 12.1 Å². The number of hydrogen-bond acceptors (Lipinski definition) is 4. The Kier molecular flexibility index (Phi) is 6.68. The van der Waals surface area contributed by atoms with Crippen LogP contribution in [-0.4, -0.2) is 48.5 Å². The van der Waals surface area contributed by atoms with E-state index in [1.165, 1.54) is 6.08 Å². The monoisotopic (exact) mass is 385 g/mol. The summed E-state index contributed by atoms with van der Waals surface area (Å²) in [6.45, 7) is 3.52. The van der Waals surface area contributed by atoms with Crippen LogP contribution in [0.15, 0.2) is 30.3 Å². The summed E-state index contributed by atoms with van der Waals surface area (Å²) in [5.74, 6) is 0.150. The van der Waals surface area contributed by atoms with E-state index in [0.29, 0.717) is 25.4 Å². The van der Waals surface area contributed by atoms with Crippen molar-refractivity contribution in [3.8, 4) is 0 Å². The first kappa shape index (κ1) is 19.9. The predicted octanol–water partition coefficient (Wildman–Crippen LogP) is 2.79. The highest BCUT2D eigenvalue weighted by atomic mass is 16.5. The molecule has 7 nitrogen and oxygen atoms in total. The van der Waals surface area contributed by atoms with Crippen molar-refractivity contribution in [3.63, 3.8) is 0 Å². The standard InChI is InChI=1S/C21H27N3O4/c1-2-28-19(25)10-5-15-3-8-17(9-4-15)22-21(27)23-18-11-13-24(14-12-18)20(26)16-6-7-16/h3-5,8-10,16,18H,2,6-7,11-14H2,1H3,(H2,22,23,27). The summed E-state index contributed by atoms with van der Waals surface area (Å²) in [6, 6.07) is 7.01. The van der Waals surface area contributed by atoms with Crippen LogP contribution in [0, 0.1) is 5.92 Å². The number of piperidine rings is 1. The molecule has 3 rings (SSSR count). The lowest BCUT2D eigenvalue weighted by Gasteiger charge is -2.32. The number of hydrogen-bond donors (Lipinski definition) is 2. The Balaban J connectivity index is 1.41. The summed E-state index contributed by atoms with van der Waals surface area (Å²) in [7, 11) is 0. The van der Waals surface area contributed by atoms with Crippen LogP contribution < -0.4 is 10.6 Å². The van der Waals surface area contributed by atoms with Gasteiger partial charge in [0.2, 0.25) is 5.91 Å². The van der Waals surface area contributed by atoms with Crippen LogP contribution >= 0.6 is 0 Å². The number of ether oxygens (including phenoxy) is 1. The topological polar surface area (TPSA) is 87.7 Å². The summed E-state index contributed by atoms with van der Waals surface area (Å²) >= 11 is 0. The maximum Gasteiger partial charge on any atom is 0.330 e. The SMILES string of the molecule is CCOC(=O)C=Cc1ccc(NC(=O)NC2CCN(C(=O)C3CC3)CC2)cc1. The van der Waals surface area contributed by atoms with Gasteiger partial charge < -0.3 is 20.3 Å². The first-order valence-corrected chi connectivity index (χ1v) is 9.86. The molecule has 0 radical (unpaired) electrons. The Bertz CT molecular complexity index is 733. The number of carbonyl (C=O) groups is 3. The highest BCUT2D eigenvalue weighted by molar-refractivity contribution is 5.90. The molecule has 0 atom stereocenters. The second kappa shape index (κ2) is 9.39. The quantitative estimate of drug-likeness (QED) is 0.582. The van der Waals surface area contributed by atoms with E-state index in [1.54, 1.807) is 25.1 Å². The smallest absolute Gasteiger partial charge is 0.330 e. The van der Waals surface area contributed by atoms with Gasteiger partial charge >= 0.3 is 12.0 Å². The normalized spacial score (nSPS) is 17.4. The fourth-order valence-electron chi connectivity index (χ4n) is 3.22. The number of nitrogens with one attached hydrogen (secondary N) is 2. The van der Waals surface area contributed by atoms with Crippen molar-refractivity contribution in [1.82, 2.24) is 10.2 Å². The molecule has 0 spiro atoms. The second-order valence-electron chi connectivity index (χ2n) is 7.18. The molecule has 2 aliphatic rings. The molecule has 1 aromatic rings. The zero-order valence-corrected chi connectivity index (χ0v) is 16.1. The van der Waals surface area contributed by atoms with E-state index < -0.39 is 0 Å². The molecule has 0 unspecified atom stereocenters. The van der Waals surface area contributed by atoms with Crippen LogP contribution in [0.25, 0.3) is 6.08 Å². The minimum absolute atomic E-state index is 0.0787. The summed E-state index contributed by atoms with van der Waals surface area (Å²) in [5.41, 5.74) is 1.51. The Morgan fingerprint density at radius 1 is 1.11 bits per heavy atom. The van der Waals surface area contributed by atoms with Crippen molar-refractivity contribution >= 4 is 29.7 Å². The van der Waals surface area contributed by atoms with Crippen molar-refractivity contribution in [3.05, 3.63) is 35.9 Å². The molecule has 150 valence electrons. The lowest BCUT2D eigenvalue weighted by atomic mass is 10.0. The fraction of sp³-hybridized carbons (Fsp3) is 0.476. The summed E-state index contributed by atoms with van der Waals surface area (Å²) in [5, 5.41) is 5.79. The molecule has 2 N–H and O–H groups in total. The molecule has 1 heterocycles. The van der Waals surface area contributed by atoms with E-state index in [-0.39, 0.29) is 29.9 Å². The molecule has 3 amide bonds. The minimum Gasteiger partial charge on any atom is -0.463 e. The molecular weight excluding hydrogens is 358 g/mol. The zero-order valence-electron chi connectivity index (χ0n) is 16.1. The van der Waals surface area contributed by atoms with Gasteiger partial charge in [-0.3, -0.25) is 4.79 Å². The van der Waals surface area contributed by atoms with Gasteiger partial charge in [0.1, 0.15) is 0 Å². The number of carbonyl (C=O) groups excluding carboxylic acids is 3. The molecule has 0 aromatic heterocycles. The van der Waals surface area contributed by atoms with Gasteiger partial charge in [0, 0.05) is 36.8 Å². The van der Waals surface area contributed by atoms with Crippen molar-refractivity contribution in [1.29, 1.82) is 0 Å². The molecule has 1 saturated carbocycles. The molecule has 1 aliphatic carbocycles. The van der Waals surface area contributed by atoms with Gasteiger partial charge in [-0.2, -0.15) is 0 Å². The number of urea groups is 1. The van der Waals surface area contributed by atoms with Crippen LogP contribution in [0.2, 0.25) is 0 Å². The van der Waals surface area contributed by atoms with E-state index in [0.717, 1.165) is 31.2 Å². The number of amides is 3. The van der Waals surface area contributed by atoms with E-state index >= 15 is 0 Å². The number of nitrogens with zero attached hydrogens (tertiary/aromatic N) is 1. The third kappa shape index (κ3) is 5.84. The van der Waals surface area contributed by atoms with E-state index in [4.69, 9.17) is 4.74 Å². The fourth-order valence-corrected chi connectivity index (χ4v) is 3.22. The molecule has 28 heavy (non-hydrogen) atoms. The molecule has 1 saturated heterocycles. The van der Waals surface area contributed by atoms with Crippen molar-refractivity contribution in [2.24, 2.45) is 5.92 Å². The largest absolute Gasteiger partial charge is 0.463 e. The molecule has 1 aliphatic heterocycles. The van der Waals surface area contributed by atoms with Gasteiger partial charge in [0.15, 0.2) is 0 Å². The van der Waals surface area contributed by atoms with Crippen LogP contribution in [0.3, 0.4) is 0 Å². The number of benzene rings is 1. The average molecular weight is 385 g/mol. The van der Waals surface area contributed by atoms with Gasteiger partial charge in [0.25, 0.3) is 0 Å². The average Bonchev–Trinajstić information content (AvgIpc) is 3.53. The van der Waals surface area contributed by atoms with Gasteiger partial charge in [-0.05, 0) is 56.4 Å². The Morgan fingerprint density at radius 2 is 1.79 bits per heavy atom. The Labute approximate surface area is 165 Å². The summed E-state index contributed by atoms with van der Waals surface area (Å²) in [6.07, 6.45) is 6.65. The summed E-state index contributed by atoms with van der Waals surface area (Å²) < 4.78 is 4.83. The molecule has 7 heteroatoms. The Morgan fingerprint density at radius 3 is 2.39 bits per heavy atom. The predicted molar refractivity (Wildman–Crippen MR) is 107 cm³/mol. The first-order chi connectivity index (χ1) is 13.5. The maximum atomic E-state index is 12.2. The maximum absolute atomic E-state index is 12.2. The van der Waals surface area contributed by atoms with Gasteiger partial charge in [-0.15, -0.1) is 0 Å². The lowest BCUT2D eigenvalue weighted by Crippen LogP contribution is -2.47. The van der Waals surface area contributed by atoms with Crippen molar-refractivity contribution < 1.29 is 19.1 Å². The minimum atomic E-state index is -0.381. The molecule has 2 fully saturated rings. The van der Waals surface area contributed by atoms with Crippen molar-refractivity contribution in [2.75, 3.05) is 25.0 Å². The number of esters is 1. The summed E-state index contributed by atoms with van der Waals surface area (Å²) in [4.78, 5) is 37.5. The molecular formula is C21H27N3O4. The highest BCUT2D eigenvalue weighted by Gasteiger charge is 2.35. The first-order valence-electron chi connectivity index (χ1n) is 9.86. The molecule has 1 aromatic carbocycles. The number of anilines is 1. The highest BCUT2D eigenvalue weighted by Crippen LogP contribution is 2.31. The zero-order chi connectivity index (χ0) is 19.9. The third-order valence-electron chi connectivity index (χ3n) is 4.94. The van der Waals surface area contributed by atoms with Gasteiger partial charge in [0.05, 0.1) is 6.61 Å². The third-order valence-corrected chi connectivity index (χ3v) is 4.94. The van der Waals surface area contributed by atoms with Crippen LogP contribution in [-0.2, 0) is 14.3 Å². The van der Waals surface area contributed by atoms with Crippen LogP contribution in [0.4, 0.5) is 10.5 Å². The Hall–Kier alpha value is -2.83. The van der Waals surface area contributed by atoms with Crippen LogP contribution in [0.1, 0.15) is 38.2 Å².